The minimum Gasteiger partial charge on any atom is -0.372 e. The van der Waals surface area contributed by atoms with Crippen molar-refractivity contribution >= 4 is 0 Å². The zero-order valence-electron chi connectivity index (χ0n) is 7.46. The van der Waals surface area contributed by atoms with Gasteiger partial charge >= 0.3 is 0 Å². The molecule has 2 atom stereocenters. The second-order valence-electron chi connectivity index (χ2n) is 4.19. The number of likely N-dealkylation sites (N-methyl/N-ethyl adjacent to an activating group) is 1. The molecule has 64 valence electrons. The zero-order chi connectivity index (χ0) is 8.11. The van der Waals surface area contributed by atoms with Crippen LogP contribution >= 0.6 is 0 Å². The number of hydrogen-bond donors (Lipinski definition) is 0. The van der Waals surface area contributed by atoms with Gasteiger partial charge in [-0.15, -0.1) is 0 Å². The predicted octanol–water partition coefficient (Wildman–Crippen LogP) is -0.140. The molecule has 0 aromatic rings. The summed E-state index contributed by atoms with van der Waals surface area (Å²) in [5.74, 6) is 0. The van der Waals surface area contributed by atoms with E-state index in [1.807, 2.05) is 0 Å². The molecule has 0 N–H and O–H groups in total. The molecule has 0 saturated carbocycles. The van der Waals surface area contributed by atoms with Crippen molar-refractivity contribution in [3.8, 4) is 0 Å². The first kappa shape index (κ1) is 7.53. The Bertz CT molecular complexity index is 177. The van der Waals surface area contributed by atoms with Gasteiger partial charge in [-0.1, -0.05) is 0 Å². The summed E-state index contributed by atoms with van der Waals surface area (Å²) in [7, 11) is 6.25. The molecule has 0 radical (unpaired) electrons. The molecule has 0 aromatic carbocycles. The Labute approximate surface area is 67.5 Å². The van der Waals surface area contributed by atoms with Crippen molar-refractivity contribution in [2.24, 2.45) is 0 Å². The van der Waals surface area contributed by atoms with Gasteiger partial charge in [-0.3, -0.25) is 0 Å². The molecule has 0 amide bonds. The minimum absolute atomic E-state index is 0.300. The molecule has 0 aliphatic carbocycles. The Balaban J connectivity index is 2.15. The lowest BCUT2D eigenvalue weighted by atomic mass is 10.1. The number of nitrogens with zero attached hydrogens (tertiary/aromatic N) is 1. The molecule has 2 unspecified atom stereocenters. The summed E-state index contributed by atoms with van der Waals surface area (Å²) < 4.78 is 11.9. The van der Waals surface area contributed by atoms with Crippen LogP contribution in [0.15, 0.2) is 0 Å². The van der Waals surface area contributed by atoms with Crippen LogP contribution in [0.3, 0.4) is 0 Å². The van der Waals surface area contributed by atoms with Gasteiger partial charge in [-0.2, -0.15) is 0 Å². The summed E-state index contributed by atoms with van der Waals surface area (Å²) in [4.78, 5) is 0. The van der Waals surface area contributed by atoms with Gasteiger partial charge in [0.15, 0.2) is 0 Å². The lowest BCUT2D eigenvalue weighted by Crippen LogP contribution is -2.39. The molecule has 1 spiro atoms. The van der Waals surface area contributed by atoms with E-state index in [4.69, 9.17) is 9.47 Å². The molecular weight excluding hydrogens is 142 g/mol. The summed E-state index contributed by atoms with van der Waals surface area (Å²) >= 11 is 0. The normalized spacial score (nSPS) is 46.6. The average Bonchev–Trinajstić information content (AvgIpc) is 2.38. The molecule has 3 nitrogen and oxygen atoms in total. The van der Waals surface area contributed by atoms with Gasteiger partial charge in [0.05, 0.1) is 20.7 Å². The van der Waals surface area contributed by atoms with Crippen LogP contribution < -0.4 is 0 Å². The van der Waals surface area contributed by atoms with Gasteiger partial charge in [0.2, 0.25) is 5.54 Å². The fourth-order valence-electron chi connectivity index (χ4n) is 2.24. The summed E-state index contributed by atoms with van der Waals surface area (Å²) in [5.41, 5.74) is 0.300. The SMILES string of the molecule is COC1COCC12C[N+]2(C)C. The highest BCUT2D eigenvalue weighted by atomic mass is 16.5. The van der Waals surface area contributed by atoms with Crippen molar-refractivity contribution in [1.82, 2.24) is 0 Å². The van der Waals surface area contributed by atoms with E-state index in [1.165, 1.54) is 6.54 Å². The molecule has 2 fully saturated rings. The fraction of sp³-hybridized carbons (Fsp3) is 1.00. The number of ether oxygens (including phenoxy) is 2. The smallest absolute Gasteiger partial charge is 0.200 e. The number of methoxy groups -OCH3 is 1. The summed E-state index contributed by atoms with van der Waals surface area (Å²) in [5, 5.41) is 0. The third-order valence-corrected chi connectivity index (χ3v) is 3.28. The second-order valence-corrected chi connectivity index (χ2v) is 4.19. The van der Waals surface area contributed by atoms with Crippen LogP contribution in [0.1, 0.15) is 0 Å². The van der Waals surface area contributed by atoms with Crippen molar-refractivity contribution in [3.05, 3.63) is 0 Å². The van der Waals surface area contributed by atoms with E-state index in [0.717, 1.165) is 17.7 Å². The average molecular weight is 158 g/mol. The van der Waals surface area contributed by atoms with Crippen molar-refractivity contribution in [2.45, 2.75) is 11.6 Å². The molecule has 3 heteroatoms. The van der Waals surface area contributed by atoms with Crippen molar-refractivity contribution in [2.75, 3.05) is 41.0 Å². The predicted molar refractivity (Wildman–Crippen MR) is 41.3 cm³/mol. The molecule has 0 bridgehead atoms. The number of quaternary nitrogens is 1. The second kappa shape index (κ2) is 1.97. The maximum absolute atomic E-state index is 5.42. The Morgan fingerprint density at radius 2 is 2.18 bits per heavy atom. The van der Waals surface area contributed by atoms with Crippen LogP contribution in [0.5, 0.6) is 0 Å². The minimum atomic E-state index is 0.300. The molecule has 2 aliphatic rings. The maximum Gasteiger partial charge on any atom is 0.200 e. The molecule has 11 heavy (non-hydrogen) atoms. The first-order valence-corrected chi connectivity index (χ1v) is 4.06. The van der Waals surface area contributed by atoms with Crippen molar-refractivity contribution in [3.63, 3.8) is 0 Å². The van der Waals surface area contributed by atoms with Crippen LogP contribution in [0.25, 0.3) is 0 Å². The molecule has 2 aliphatic heterocycles. The van der Waals surface area contributed by atoms with Gasteiger partial charge in [0.1, 0.15) is 19.3 Å². The lowest BCUT2D eigenvalue weighted by molar-refractivity contribution is -0.788. The van der Waals surface area contributed by atoms with Gasteiger partial charge < -0.3 is 14.0 Å². The third-order valence-electron chi connectivity index (χ3n) is 3.28. The Morgan fingerprint density at radius 3 is 2.55 bits per heavy atom. The van der Waals surface area contributed by atoms with Gasteiger partial charge in [-0.05, 0) is 0 Å². The van der Waals surface area contributed by atoms with Crippen LogP contribution in [-0.2, 0) is 9.47 Å². The van der Waals surface area contributed by atoms with E-state index in [2.05, 4.69) is 14.1 Å². The molecule has 2 saturated heterocycles. The fourth-order valence-corrected chi connectivity index (χ4v) is 2.24. The summed E-state index contributed by atoms with van der Waals surface area (Å²) in [6, 6.07) is 0. The van der Waals surface area contributed by atoms with Crippen LogP contribution in [0, 0.1) is 0 Å². The number of rotatable bonds is 1. The topological polar surface area (TPSA) is 18.5 Å². The first-order chi connectivity index (χ1) is 5.12. The van der Waals surface area contributed by atoms with E-state index < -0.39 is 0 Å². The van der Waals surface area contributed by atoms with Gasteiger partial charge in [0.25, 0.3) is 0 Å². The Morgan fingerprint density at radius 1 is 1.55 bits per heavy atom. The van der Waals surface area contributed by atoms with Gasteiger partial charge in [-0.25, -0.2) is 0 Å². The summed E-state index contributed by atoms with van der Waals surface area (Å²) in [6.07, 6.45) is 0.317. The van der Waals surface area contributed by atoms with Crippen molar-refractivity contribution < 1.29 is 14.0 Å². The zero-order valence-corrected chi connectivity index (χ0v) is 7.46. The van der Waals surface area contributed by atoms with E-state index >= 15 is 0 Å². The molecular formula is C8H16NO2+. The quantitative estimate of drug-likeness (QED) is 0.390. The van der Waals surface area contributed by atoms with E-state index in [0.29, 0.717) is 11.6 Å². The standard InChI is InChI=1S/C8H16NO2/c1-9(2)5-8(9)6-11-4-7(8)10-3/h7H,4-6H2,1-3H3/q+1. The highest BCUT2D eigenvalue weighted by molar-refractivity contribution is 5.03. The first-order valence-electron chi connectivity index (χ1n) is 4.06. The highest BCUT2D eigenvalue weighted by Gasteiger charge is 2.72. The van der Waals surface area contributed by atoms with Gasteiger partial charge in [0, 0.05) is 7.11 Å². The highest BCUT2D eigenvalue weighted by Crippen LogP contribution is 2.45. The Hall–Kier alpha value is -0.120. The Kier molecular flexibility index (Phi) is 1.35. The van der Waals surface area contributed by atoms with Crippen LogP contribution in [0.4, 0.5) is 0 Å². The lowest BCUT2D eigenvalue weighted by Gasteiger charge is -2.17. The van der Waals surface area contributed by atoms with Crippen molar-refractivity contribution in [1.29, 1.82) is 0 Å². The monoisotopic (exact) mass is 158 g/mol. The third kappa shape index (κ3) is 0.789. The maximum atomic E-state index is 5.42. The summed E-state index contributed by atoms with van der Waals surface area (Å²) in [6.45, 7) is 2.85. The number of hydrogen-bond acceptors (Lipinski definition) is 2. The largest absolute Gasteiger partial charge is 0.372 e. The molecule has 2 rings (SSSR count). The van der Waals surface area contributed by atoms with E-state index in [-0.39, 0.29) is 0 Å². The van der Waals surface area contributed by atoms with E-state index in [1.54, 1.807) is 7.11 Å². The van der Waals surface area contributed by atoms with Crippen LogP contribution in [0.2, 0.25) is 0 Å². The molecule has 2 heterocycles. The van der Waals surface area contributed by atoms with Crippen LogP contribution in [-0.4, -0.2) is 57.1 Å². The van der Waals surface area contributed by atoms with E-state index in [9.17, 15) is 0 Å². The molecule has 0 aromatic heterocycles.